The number of nitrogens with two attached hydrogens (primary N) is 1. The third-order valence-electron chi connectivity index (χ3n) is 2.86. The molecule has 0 radical (unpaired) electrons. The normalized spacial score (nSPS) is 10.1. The zero-order valence-electron chi connectivity index (χ0n) is 11.6. The van der Waals surface area contributed by atoms with Crippen LogP contribution in [0.15, 0.2) is 42.6 Å². The molecule has 5 heteroatoms. The monoisotopic (exact) mass is 270 g/mol. The van der Waals surface area contributed by atoms with Crippen LogP contribution in [-0.4, -0.2) is 24.9 Å². The molecule has 1 aromatic heterocycles. The fourth-order valence-corrected chi connectivity index (χ4v) is 1.79. The first-order chi connectivity index (χ1) is 9.58. The molecule has 1 heterocycles. The van der Waals surface area contributed by atoms with Gasteiger partial charge >= 0.3 is 0 Å². The zero-order chi connectivity index (χ0) is 14.5. The number of amidine groups is 1. The molecule has 0 bridgehead atoms. The van der Waals surface area contributed by atoms with E-state index >= 15 is 0 Å². The summed E-state index contributed by atoms with van der Waals surface area (Å²) in [4.78, 5) is 6.15. The van der Waals surface area contributed by atoms with Gasteiger partial charge in [-0.1, -0.05) is 12.1 Å². The predicted octanol–water partition coefficient (Wildman–Crippen LogP) is 2.01. The average molecular weight is 270 g/mol. The summed E-state index contributed by atoms with van der Waals surface area (Å²) in [5.41, 5.74) is 8.16. The van der Waals surface area contributed by atoms with Crippen LogP contribution in [0.1, 0.15) is 11.1 Å². The van der Waals surface area contributed by atoms with E-state index in [9.17, 15) is 0 Å². The Morgan fingerprint density at radius 3 is 2.80 bits per heavy atom. The third-order valence-corrected chi connectivity index (χ3v) is 2.86. The summed E-state index contributed by atoms with van der Waals surface area (Å²) in [5.74, 6) is 0.338. The van der Waals surface area contributed by atoms with Crippen molar-refractivity contribution in [1.82, 2.24) is 4.98 Å². The maximum absolute atomic E-state index is 7.50. The van der Waals surface area contributed by atoms with Crippen molar-refractivity contribution in [3.05, 3.63) is 53.7 Å². The highest BCUT2D eigenvalue weighted by Gasteiger charge is 2.07. The van der Waals surface area contributed by atoms with Crippen molar-refractivity contribution in [3.63, 3.8) is 0 Å². The SMILES string of the molecule is CN(C)c1cccc(COc2ncccc2C(=N)N)c1. The van der Waals surface area contributed by atoms with Gasteiger partial charge in [0.25, 0.3) is 0 Å². The van der Waals surface area contributed by atoms with Gasteiger partial charge in [-0.25, -0.2) is 4.98 Å². The van der Waals surface area contributed by atoms with Crippen LogP contribution in [0.2, 0.25) is 0 Å². The summed E-state index contributed by atoms with van der Waals surface area (Å²) in [5, 5.41) is 7.50. The molecule has 0 aliphatic heterocycles. The van der Waals surface area contributed by atoms with E-state index in [0.717, 1.165) is 11.3 Å². The molecule has 2 aromatic rings. The number of rotatable bonds is 5. The first kappa shape index (κ1) is 13.9. The van der Waals surface area contributed by atoms with Crippen LogP contribution < -0.4 is 15.4 Å². The molecule has 3 N–H and O–H groups in total. The zero-order valence-corrected chi connectivity index (χ0v) is 11.6. The van der Waals surface area contributed by atoms with E-state index in [1.807, 2.05) is 37.2 Å². The van der Waals surface area contributed by atoms with Gasteiger partial charge in [-0.3, -0.25) is 5.41 Å². The quantitative estimate of drug-likeness (QED) is 0.643. The lowest BCUT2D eigenvalue weighted by Gasteiger charge is -2.14. The summed E-state index contributed by atoms with van der Waals surface area (Å²) in [7, 11) is 3.99. The Morgan fingerprint density at radius 2 is 2.10 bits per heavy atom. The summed E-state index contributed by atoms with van der Waals surface area (Å²) in [6.45, 7) is 0.388. The summed E-state index contributed by atoms with van der Waals surface area (Å²) in [6.07, 6.45) is 1.62. The Morgan fingerprint density at radius 1 is 1.30 bits per heavy atom. The van der Waals surface area contributed by atoms with E-state index in [1.165, 1.54) is 0 Å². The van der Waals surface area contributed by atoms with Crippen molar-refractivity contribution in [2.75, 3.05) is 19.0 Å². The largest absolute Gasteiger partial charge is 0.472 e. The Kier molecular flexibility index (Phi) is 4.20. The number of hydrogen-bond donors (Lipinski definition) is 2. The van der Waals surface area contributed by atoms with Gasteiger partial charge in [0.05, 0.1) is 5.56 Å². The molecule has 0 unspecified atom stereocenters. The number of nitrogens with zero attached hydrogens (tertiary/aromatic N) is 2. The Labute approximate surface area is 118 Å². The van der Waals surface area contributed by atoms with Gasteiger partial charge in [-0.05, 0) is 29.8 Å². The molecule has 0 fully saturated rings. The van der Waals surface area contributed by atoms with Crippen molar-refractivity contribution < 1.29 is 4.74 Å². The molecule has 0 aliphatic carbocycles. The number of aromatic nitrogens is 1. The molecule has 0 atom stereocenters. The van der Waals surface area contributed by atoms with E-state index in [1.54, 1.807) is 18.3 Å². The van der Waals surface area contributed by atoms with Crippen LogP contribution in [0.25, 0.3) is 0 Å². The minimum Gasteiger partial charge on any atom is -0.472 e. The smallest absolute Gasteiger partial charge is 0.224 e. The second-order valence-corrected chi connectivity index (χ2v) is 4.62. The van der Waals surface area contributed by atoms with Crippen molar-refractivity contribution in [2.45, 2.75) is 6.61 Å². The minimum atomic E-state index is -0.0462. The maximum atomic E-state index is 7.50. The number of pyridine rings is 1. The van der Waals surface area contributed by atoms with Gasteiger partial charge in [0, 0.05) is 26.0 Å². The Balaban J connectivity index is 2.13. The van der Waals surface area contributed by atoms with Crippen molar-refractivity contribution >= 4 is 11.5 Å². The molecule has 0 saturated heterocycles. The lowest BCUT2D eigenvalue weighted by molar-refractivity contribution is 0.293. The Hall–Kier alpha value is -2.56. The van der Waals surface area contributed by atoms with Gasteiger partial charge in [0.1, 0.15) is 12.4 Å². The third kappa shape index (κ3) is 3.26. The van der Waals surface area contributed by atoms with Gasteiger partial charge in [-0.15, -0.1) is 0 Å². The van der Waals surface area contributed by atoms with Crippen molar-refractivity contribution in [3.8, 4) is 5.88 Å². The van der Waals surface area contributed by atoms with E-state index in [2.05, 4.69) is 11.1 Å². The van der Waals surface area contributed by atoms with Gasteiger partial charge in [-0.2, -0.15) is 0 Å². The first-order valence-corrected chi connectivity index (χ1v) is 6.26. The summed E-state index contributed by atoms with van der Waals surface area (Å²) >= 11 is 0. The second-order valence-electron chi connectivity index (χ2n) is 4.62. The molecule has 5 nitrogen and oxygen atoms in total. The maximum Gasteiger partial charge on any atom is 0.224 e. The number of anilines is 1. The highest BCUT2D eigenvalue weighted by Crippen LogP contribution is 2.18. The first-order valence-electron chi connectivity index (χ1n) is 6.26. The molecular weight excluding hydrogens is 252 g/mol. The number of ether oxygens (including phenoxy) is 1. The molecule has 0 saturated carbocycles. The van der Waals surface area contributed by atoms with Crippen LogP contribution in [0, 0.1) is 5.41 Å². The standard InChI is InChI=1S/C15H18N4O/c1-19(2)12-6-3-5-11(9-12)10-20-15-13(14(16)17)7-4-8-18-15/h3-9H,10H2,1-2H3,(H3,16,17). The minimum absolute atomic E-state index is 0.0462. The average Bonchev–Trinajstić information content (AvgIpc) is 2.45. The molecule has 2 rings (SSSR count). The van der Waals surface area contributed by atoms with Crippen LogP contribution in [0.5, 0.6) is 5.88 Å². The fraction of sp³-hybridized carbons (Fsp3) is 0.200. The highest BCUT2D eigenvalue weighted by molar-refractivity contribution is 5.96. The second kappa shape index (κ2) is 6.06. The van der Waals surface area contributed by atoms with E-state index in [4.69, 9.17) is 15.9 Å². The molecule has 1 aromatic carbocycles. The van der Waals surface area contributed by atoms with E-state index < -0.39 is 0 Å². The molecule has 0 amide bonds. The topological polar surface area (TPSA) is 75.2 Å². The summed E-state index contributed by atoms with van der Waals surface area (Å²) in [6, 6.07) is 11.5. The van der Waals surface area contributed by atoms with Gasteiger partial charge in [0.2, 0.25) is 5.88 Å². The molecular formula is C15H18N4O. The molecule has 20 heavy (non-hydrogen) atoms. The van der Waals surface area contributed by atoms with Crippen LogP contribution in [0.3, 0.4) is 0 Å². The fourth-order valence-electron chi connectivity index (χ4n) is 1.79. The van der Waals surface area contributed by atoms with Crippen molar-refractivity contribution in [1.29, 1.82) is 5.41 Å². The van der Waals surface area contributed by atoms with E-state index in [-0.39, 0.29) is 5.84 Å². The number of nitrogen functional groups attached to an aromatic ring is 1. The lowest BCUT2D eigenvalue weighted by Crippen LogP contribution is -2.14. The van der Waals surface area contributed by atoms with Crippen LogP contribution in [0.4, 0.5) is 5.69 Å². The number of benzene rings is 1. The lowest BCUT2D eigenvalue weighted by atomic mass is 10.2. The molecule has 104 valence electrons. The number of nitrogens with one attached hydrogen (secondary N) is 1. The highest BCUT2D eigenvalue weighted by atomic mass is 16.5. The molecule has 0 spiro atoms. The van der Waals surface area contributed by atoms with Crippen LogP contribution >= 0.6 is 0 Å². The van der Waals surface area contributed by atoms with Gasteiger partial charge in [0.15, 0.2) is 0 Å². The number of hydrogen-bond acceptors (Lipinski definition) is 4. The predicted molar refractivity (Wildman–Crippen MR) is 80.4 cm³/mol. The van der Waals surface area contributed by atoms with Crippen molar-refractivity contribution in [2.24, 2.45) is 5.73 Å². The van der Waals surface area contributed by atoms with Crippen LogP contribution in [-0.2, 0) is 6.61 Å². The Bertz CT molecular complexity index is 610. The van der Waals surface area contributed by atoms with E-state index in [0.29, 0.717) is 18.1 Å². The summed E-state index contributed by atoms with van der Waals surface area (Å²) < 4.78 is 5.67. The van der Waals surface area contributed by atoms with Gasteiger partial charge < -0.3 is 15.4 Å². The molecule has 0 aliphatic rings.